The number of benzene rings is 1. The molecule has 0 aliphatic carbocycles. The molecule has 0 radical (unpaired) electrons. The van der Waals surface area contributed by atoms with Crippen molar-refractivity contribution >= 4 is 0 Å². The third-order valence-corrected chi connectivity index (χ3v) is 2.24. The topological polar surface area (TPSA) is 20.2 Å². The average molecular weight is 178 g/mol. The molecule has 1 aromatic carbocycles. The Hall–Kier alpha value is -0.820. The van der Waals surface area contributed by atoms with Crippen molar-refractivity contribution in [3.63, 3.8) is 0 Å². The van der Waals surface area contributed by atoms with Crippen molar-refractivity contribution in [2.45, 2.75) is 32.6 Å². The predicted molar refractivity (Wildman–Crippen MR) is 55.8 cm³/mol. The van der Waals surface area contributed by atoms with Crippen molar-refractivity contribution in [3.05, 3.63) is 35.4 Å². The third kappa shape index (κ3) is 4.09. The highest BCUT2D eigenvalue weighted by molar-refractivity contribution is 5.21. The molecule has 0 fully saturated rings. The van der Waals surface area contributed by atoms with Gasteiger partial charge in [-0.05, 0) is 31.7 Å². The number of aliphatic hydroxyl groups is 1. The van der Waals surface area contributed by atoms with Crippen LogP contribution in [-0.4, -0.2) is 11.7 Å². The second-order valence-corrected chi connectivity index (χ2v) is 3.52. The van der Waals surface area contributed by atoms with E-state index < -0.39 is 0 Å². The zero-order valence-electron chi connectivity index (χ0n) is 8.29. The van der Waals surface area contributed by atoms with Crippen LogP contribution in [0.1, 0.15) is 30.4 Å². The van der Waals surface area contributed by atoms with Gasteiger partial charge in [-0.1, -0.05) is 36.2 Å². The fourth-order valence-electron chi connectivity index (χ4n) is 1.37. The summed E-state index contributed by atoms with van der Waals surface area (Å²) in [5.41, 5.74) is 2.72. The van der Waals surface area contributed by atoms with E-state index >= 15 is 0 Å². The largest absolute Gasteiger partial charge is 0.396 e. The van der Waals surface area contributed by atoms with E-state index in [1.54, 1.807) is 0 Å². The van der Waals surface area contributed by atoms with Crippen LogP contribution in [0.4, 0.5) is 0 Å². The van der Waals surface area contributed by atoms with Gasteiger partial charge in [-0.25, -0.2) is 0 Å². The van der Waals surface area contributed by atoms with Gasteiger partial charge in [0.25, 0.3) is 0 Å². The summed E-state index contributed by atoms with van der Waals surface area (Å²) in [7, 11) is 0. The number of unbranched alkanes of at least 4 members (excludes halogenated alkanes) is 2. The lowest BCUT2D eigenvalue weighted by Gasteiger charge is -2.01. The van der Waals surface area contributed by atoms with Crippen LogP contribution in [0.2, 0.25) is 0 Å². The Labute approximate surface area is 80.4 Å². The molecule has 0 bridgehead atoms. The van der Waals surface area contributed by atoms with Crippen LogP contribution >= 0.6 is 0 Å². The SMILES string of the molecule is Cc1ccc(CCCCCO)cc1. The van der Waals surface area contributed by atoms with Crippen molar-refractivity contribution in [1.82, 2.24) is 0 Å². The van der Waals surface area contributed by atoms with Crippen LogP contribution in [0.15, 0.2) is 24.3 Å². The standard InChI is InChI=1S/C12H18O/c1-11-6-8-12(9-7-11)5-3-2-4-10-13/h6-9,13H,2-5,10H2,1H3. The number of hydrogen-bond acceptors (Lipinski definition) is 1. The normalized spacial score (nSPS) is 10.3. The van der Waals surface area contributed by atoms with E-state index in [1.807, 2.05) is 0 Å². The second kappa shape index (κ2) is 5.76. The van der Waals surface area contributed by atoms with Crippen molar-refractivity contribution in [2.75, 3.05) is 6.61 Å². The van der Waals surface area contributed by atoms with Gasteiger partial charge in [0.05, 0.1) is 0 Å². The molecule has 0 amide bonds. The molecule has 0 saturated heterocycles. The zero-order valence-corrected chi connectivity index (χ0v) is 8.29. The summed E-state index contributed by atoms with van der Waals surface area (Å²) < 4.78 is 0. The van der Waals surface area contributed by atoms with Crippen molar-refractivity contribution in [3.8, 4) is 0 Å². The van der Waals surface area contributed by atoms with Crippen molar-refractivity contribution in [1.29, 1.82) is 0 Å². The van der Waals surface area contributed by atoms with Gasteiger partial charge in [-0.2, -0.15) is 0 Å². The zero-order chi connectivity index (χ0) is 9.52. The molecule has 0 unspecified atom stereocenters. The van der Waals surface area contributed by atoms with Gasteiger partial charge in [-0.15, -0.1) is 0 Å². The van der Waals surface area contributed by atoms with Gasteiger partial charge in [0, 0.05) is 6.61 Å². The Balaban J connectivity index is 2.25. The van der Waals surface area contributed by atoms with E-state index in [4.69, 9.17) is 5.11 Å². The average Bonchev–Trinajstić information content (AvgIpc) is 2.15. The van der Waals surface area contributed by atoms with E-state index in [-0.39, 0.29) is 0 Å². The molecular weight excluding hydrogens is 160 g/mol. The molecule has 0 aromatic heterocycles. The molecule has 0 saturated carbocycles. The lowest BCUT2D eigenvalue weighted by atomic mass is 10.1. The summed E-state index contributed by atoms with van der Waals surface area (Å²) in [5.74, 6) is 0. The first-order chi connectivity index (χ1) is 6.33. The summed E-state index contributed by atoms with van der Waals surface area (Å²) in [6, 6.07) is 8.69. The van der Waals surface area contributed by atoms with Gasteiger partial charge in [-0.3, -0.25) is 0 Å². The Kier molecular flexibility index (Phi) is 4.55. The molecule has 0 spiro atoms. The highest BCUT2D eigenvalue weighted by Crippen LogP contribution is 2.07. The smallest absolute Gasteiger partial charge is 0.0431 e. The van der Waals surface area contributed by atoms with E-state index in [9.17, 15) is 0 Å². The molecule has 0 heterocycles. The first kappa shape index (κ1) is 10.3. The minimum atomic E-state index is 0.327. The third-order valence-electron chi connectivity index (χ3n) is 2.24. The number of aliphatic hydroxyl groups excluding tert-OH is 1. The fraction of sp³-hybridized carbons (Fsp3) is 0.500. The molecule has 0 aliphatic rings. The number of rotatable bonds is 5. The highest BCUT2D eigenvalue weighted by Gasteiger charge is 1.92. The molecule has 1 N–H and O–H groups in total. The number of aryl methyl sites for hydroxylation is 2. The van der Waals surface area contributed by atoms with Crippen LogP contribution in [0, 0.1) is 6.92 Å². The maximum atomic E-state index is 8.60. The Morgan fingerprint density at radius 2 is 1.69 bits per heavy atom. The van der Waals surface area contributed by atoms with Crippen molar-refractivity contribution in [2.24, 2.45) is 0 Å². The quantitative estimate of drug-likeness (QED) is 0.687. The predicted octanol–water partition coefficient (Wildman–Crippen LogP) is 2.70. The molecule has 13 heavy (non-hydrogen) atoms. The summed E-state index contributed by atoms with van der Waals surface area (Å²) in [5, 5.41) is 8.60. The molecule has 1 aromatic rings. The molecule has 0 aliphatic heterocycles. The van der Waals surface area contributed by atoms with Crippen LogP contribution < -0.4 is 0 Å². The van der Waals surface area contributed by atoms with Crippen LogP contribution in [0.3, 0.4) is 0 Å². The highest BCUT2D eigenvalue weighted by atomic mass is 16.2. The van der Waals surface area contributed by atoms with Gasteiger partial charge >= 0.3 is 0 Å². The van der Waals surface area contributed by atoms with Gasteiger partial charge in [0.15, 0.2) is 0 Å². The molecular formula is C12H18O. The van der Waals surface area contributed by atoms with E-state index in [0.717, 1.165) is 19.3 Å². The van der Waals surface area contributed by atoms with E-state index in [2.05, 4.69) is 31.2 Å². The Morgan fingerprint density at radius 3 is 2.31 bits per heavy atom. The molecule has 1 heteroatoms. The first-order valence-electron chi connectivity index (χ1n) is 4.99. The molecule has 1 nitrogen and oxygen atoms in total. The summed E-state index contributed by atoms with van der Waals surface area (Å²) in [6.45, 7) is 2.43. The minimum absolute atomic E-state index is 0.327. The van der Waals surface area contributed by atoms with E-state index in [1.165, 1.54) is 17.5 Å². The minimum Gasteiger partial charge on any atom is -0.396 e. The van der Waals surface area contributed by atoms with Crippen LogP contribution in [-0.2, 0) is 6.42 Å². The maximum Gasteiger partial charge on any atom is 0.0431 e. The van der Waals surface area contributed by atoms with Crippen LogP contribution in [0.5, 0.6) is 0 Å². The molecule has 0 atom stereocenters. The number of hydrogen-bond donors (Lipinski definition) is 1. The summed E-state index contributed by atoms with van der Waals surface area (Å²) in [4.78, 5) is 0. The lowest BCUT2D eigenvalue weighted by molar-refractivity contribution is 0.283. The van der Waals surface area contributed by atoms with Gasteiger partial charge in [0.2, 0.25) is 0 Å². The van der Waals surface area contributed by atoms with Gasteiger partial charge in [0.1, 0.15) is 0 Å². The molecule has 72 valence electrons. The second-order valence-electron chi connectivity index (χ2n) is 3.52. The maximum absolute atomic E-state index is 8.60. The summed E-state index contributed by atoms with van der Waals surface area (Å²) >= 11 is 0. The molecule has 1 rings (SSSR count). The van der Waals surface area contributed by atoms with Crippen molar-refractivity contribution < 1.29 is 5.11 Å². The monoisotopic (exact) mass is 178 g/mol. The van der Waals surface area contributed by atoms with Gasteiger partial charge < -0.3 is 5.11 Å². The Bertz CT molecular complexity index is 225. The van der Waals surface area contributed by atoms with E-state index in [0.29, 0.717) is 6.61 Å². The lowest BCUT2D eigenvalue weighted by Crippen LogP contribution is -1.88. The summed E-state index contributed by atoms with van der Waals surface area (Å²) in [6.07, 6.45) is 4.39. The first-order valence-corrected chi connectivity index (χ1v) is 4.99. The Morgan fingerprint density at radius 1 is 1.00 bits per heavy atom. The van der Waals surface area contributed by atoms with Crippen LogP contribution in [0.25, 0.3) is 0 Å². The fourth-order valence-corrected chi connectivity index (χ4v) is 1.37.